The van der Waals surface area contributed by atoms with Crippen LogP contribution in [0.15, 0.2) is 30.3 Å². The first-order valence-corrected chi connectivity index (χ1v) is 10.1. The highest BCUT2D eigenvalue weighted by Crippen LogP contribution is 2.36. The van der Waals surface area contributed by atoms with Crippen LogP contribution in [0.5, 0.6) is 0 Å². The molecule has 1 aliphatic heterocycles. The fourth-order valence-electron chi connectivity index (χ4n) is 2.96. The Balaban J connectivity index is 1.51. The Bertz CT molecular complexity index is 831. The van der Waals surface area contributed by atoms with Gasteiger partial charge in [0.05, 0.1) is 9.58 Å². The minimum Gasteiger partial charge on any atom is -0.348 e. The van der Waals surface area contributed by atoms with E-state index in [-0.39, 0.29) is 5.78 Å². The van der Waals surface area contributed by atoms with Crippen LogP contribution in [0.3, 0.4) is 0 Å². The molecule has 0 aliphatic carbocycles. The molecule has 3 aromatic rings. The van der Waals surface area contributed by atoms with E-state index in [2.05, 4.69) is 4.90 Å². The highest BCUT2D eigenvalue weighted by Gasteiger charge is 2.18. The summed E-state index contributed by atoms with van der Waals surface area (Å²) in [5, 5.41) is 1.80. The Hall–Kier alpha value is -1.43. The maximum atomic E-state index is 12.5. The highest BCUT2D eigenvalue weighted by atomic mass is 35.5. The predicted octanol–water partition coefficient (Wildman–Crippen LogP) is 5.43. The third-order valence-electron chi connectivity index (χ3n) is 4.26. The van der Waals surface area contributed by atoms with Crippen LogP contribution in [0.2, 0.25) is 5.02 Å². The van der Waals surface area contributed by atoms with E-state index >= 15 is 0 Å². The quantitative estimate of drug-likeness (QED) is 0.569. The van der Waals surface area contributed by atoms with Crippen molar-refractivity contribution in [2.75, 3.05) is 18.0 Å². The second-order valence-corrected chi connectivity index (χ2v) is 8.53. The van der Waals surface area contributed by atoms with Gasteiger partial charge in [0.2, 0.25) is 0 Å². The van der Waals surface area contributed by atoms with Gasteiger partial charge in [-0.15, -0.1) is 11.3 Å². The molecule has 124 valence electrons. The summed E-state index contributed by atoms with van der Waals surface area (Å²) in [4.78, 5) is 21.4. The van der Waals surface area contributed by atoms with Crippen molar-refractivity contribution in [2.24, 2.45) is 0 Å². The number of nitrogens with zero attached hydrogens (tertiary/aromatic N) is 2. The zero-order chi connectivity index (χ0) is 16.5. The molecular weight excluding hydrogens is 360 g/mol. The van der Waals surface area contributed by atoms with Crippen molar-refractivity contribution < 1.29 is 4.79 Å². The zero-order valence-electron chi connectivity index (χ0n) is 13.1. The molecule has 1 fully saturated rings. The second kappa shape index (κ2) is 6.82. The maximum Gasteiger partial charge on any atom is 0.187 e. The van der Waals surface area contributed by atoms with Crippen molar-refractivity contribution in [3.8, 4) is 0 Å². The van der Waals surface area contributed by atoms with E-state index in [0.29, 0.717) is 11.4 Å². The summed E-state index contributed by atoms with van der Waals surface area (Å²) < 4.78 is 1.13. The van der Waals surface area contributed by atoms with Crippen molar-refractivity contribution in [3.05, 3.63) is 45.8 Å². The lowest BCUT2D eigenvalue weighted by molar-refractivity contribution is 0.0997. The van der Waals surface area contributed by atoms with Crippen molar-refractivity contribution in [3.63, 3.8) is 0 Å². The van der Waals surface area contributed by atoms with Gasteiger partial charge in [-0.3, -0.25) is 4.79 Å². The molecular formula is C18H17ClN2OS2. The Morgan fingerprint density at radius 2 is 1.88 bits per heavy atom. The number of benzene rings is 1. The van der Waals surface area contributed by atoms with Gasteiger partial charge in [-0.1, -0.05) is 35.1 Å². The Morgan fingerprint density at radius 3 is 2.58 bits per heavy atom. The van der Waals surface area contributed by atoms with Gasteiger partial charge in [-0.25, -0.2) is 4.98 Å². The number of fused-ring (bicyclic) bond motifs is 1. The van der Waals surface area contributed by atoms with Crippen molar-refractivity contribution >= 4 is 54.7 Å². The minimum atomic E-state index is 0.145. The number of hydrogen-bond donors (Lipinski definition) is 0. The normalized spacial score (nSPS) is 15.1. The zero-order valence-corrected chi connectivity index (χ0v) is 15.5. The molecule has 3 heterocycles. The number of anilines is 1. The summed E-state index contributed by atoms with van der Waals surface area (Å²) in [6.45, 7) is 2.20. The van der Waals surface area contributed by atoms with Gasteiger partial charge in [0.15, 0.2) is 10.9 Å². The van der Waals surface area contributed by atoms with Gasteiger partial charge in [0.1, 0.15) is 4.83 Å². The van der Waals surface area contributed by atoms with Crippen LogP contribution in [0, 0.1) is 0 Å². The number of Topliss-reactive ketones (excluding diaryl/α,β-unsaturated/α-hetero) is 1. The van der Waals surface area contributed by atoms with Crippen molar-refractivity contribution in [1.29, 1.82) is 0 Å². The molecule has 0 radical (unpaired) electrons. The van der Waals surface area contributed by atoms with E-state index < -0.39 is 0 Å². The van der Waals surface area contributed by atoms with E-state index in [9.17, 15) is 4.79 Å². The van der Waals surface area contributed by atoms with Crippen molar-refractivity contribution in [1.82, 2.24) is 4.98 Å². The number of thiazole rings is 1. The number of thiophene rings is 1. The van der Waals surface area contributed by atoms with Crippen LogP contribution < -0.4 is 4.90 Å². The van der Waals surface area contributed by atoms with E-state index in [4.69, 9.17) is 16.6 Å². The van der Waals surface area contributed by atoms with Gasteiger partial charge < -0.3 is 4.90 Å². The van der Waals surface area contributed by atoms with Crippen LogP contribution in [0.1, 0.15) is 34.5 Å². The summed E-state index contributed by atoms with van der Waals surface area (Å²) in [7, 11) is 0. The number of ketones is 1. The average molecular weight is 377 g/mol. The smallest absolute Gasteiger partial charge is 0.187 e. The SMILES string of the molecule is O=C(Cc1ccc(Cl)cc1)c1cc2sc(N3CCCCC3)nc2s1. The third-order valence-corrected chi connectivity index (χ3v) is 6.77. The molecule has 4 rings (SSSR count). The third kappa shape index (κ3) is 3.34. The molecule has 0 N–H and O–H groups in total. The van der Waals surface area contributed by atoms with Crippen LogP contribution in [-0.4, -0.2) is 23.9 Å². The van der Waals surface area contributed by atoms with Gasteiger partial charge in [0, 0.05) is 24.5 Å². The molecule has 24 heavy (non-hydrogen) atoms. The Kier molecular flexibility index (Phi) is 4.57. The summed E-state index contributed by atoms with van der Waals surface area (Å²) in [6.07, 6.45) is 4.22. The van der Waals surface area contributed by atoms with E-state index in [0.717, 1.165) is 38.2 Å². The molecule has 3 nitrogen and oxygen atoms in total. The summed E-state index contributed by atoms with van der Waals surface area (Å²) in [5.41, 5.74) is 0.989. The van der Waals surface area contributed by atoms with E-state index in [1.54, 1.807) is 11.3 Å². The molecule has 0 spiro atoms. The molecule has 2 aromatic heterocycles. The molecule has 6 heteroatoms. The van der Waals surface area contributed by atoms with E-state index in [1.165, 1.54) is 30.6 Å². The first kappa shape index (κ1) is 16.1. The summed E-state index contributed by atoms with van der Waals surface area (Å²) in [6, 6.07) is 9.46. The number of carbonyl (C=O) groups excluding carboxylic acids is 1. The average Bonchev–Trinajstić information content (AvgIpc) is 3.17. The van der Waals surface area contributed by atoms with Gasteiger partial charge in [0.25, 0.3) is 0 Å². The first-order valence-electron chi connectivity index (χ1n) is 8.12. The molecule has 0 atom stereocenters. The van der Waals surface area contributed by atoms with Crippen LogP contribution in [-0.2, 0) is 6.42 Å². The standard InChI is InChI=1S/C18H17ClN2OS2/c19-13-6-4-12(5-7-13)10-14(22)15-11-16-17(23-15)20-18(24-16)21-8-2-1-3-9-21/h4-7,11H,1-3,8-10H2. The monoisotopic (exact) mass is 376 g/mol. The second-order valence-electron chi connectivity index (χ2n) is 6.05. The molecule has 1 aromatic carbocycles. The number of aromatic nitrogens is 1. The molecule has 0 bridgehead atoms. The Labute approximate surface area is 153 Å². The lowest BCUT2D eigenvalue weighted by Gasteiger charge is -2.25. The molecule has 1 aliphatic rings. The minimum absolute atomic E-state index is 0.145. The lowest BCUT2D eigenvalue weighted by Crippen LogP contribution is -2.29. The molecule has 1 saturated heterocycles. The summed E-state index contributed by atoms with van der Waals surface area (Å²) >= 11 is 9.10. The number of piperidine rings is 1. The van der Waals surface area contributed by atoms with Gasteiger partial charge >= 0.3 is 0 Å². The van der Waals surface area contributed by atoms with Crippen LogP contribution in [0.4, 0.5) is 5.13 Å². The molecule has 0 saturated carbocycles. The Morgan fingerprint density at radius 1 is 1.12 bits per heavy atom. The van der Waals surface area contributed by atoms with Gasteiger partial charge in [-0.2, -0.15) is 0 Å². The lowest BCUT2D eigenvalue weighted by atomic mass is 10.1. The fraction of sp³-hybridized carbons (Fsp3) is 0.333. The molecule has 0 unspecified atom stereocenters. The maximum absolute atomic E-state index is 12.5. The number of carbonyl (C=O) groups is 1. The topological polar surface area (TPSA) is 33.2 Å². The predicted molar refractivity (Wildman–Crippen MR) is 103 cm³/mol. The first-order chi connectivity index (χ1) is 11.7. The largest absolute Gasteiger partial charge is 0.348 e. The molecule has 0 amide bonds. The fourth-order valence-corrected chi connectivity index (χ4v) is 5.28. The van der Waals surface area contributed by atoms with Crippen LogP contribution >= 0.6 is 34.3 Å². The number of hydrogen-bond acceptors (Lipinski definition) is 5. The van der Waals surface area contributed by atoms with Crippen molar-refractivity contribution in [2.45, 2.75) is 25.7 Å². The number of rotatable bonds is 4. The van der Waals surface area contributed by atoms with Crippen LogP contribution in [0.25, 0.3) is 9.53 Å². The highest BCUT2D eigenvalue weighted by molar-refractivity contribution is 7.29. The van der Waals surface area contributed by atoms with Gasteiger partial charge in [-0.05, 0) is 43.0 Å². The van der Waals surface area contributed by atoms with E-state index in [1.807, 2.05) is 30.3 Å². The number of halogens is 1. The summed E-state index contributed by atoms with van der Waals surface area (Å²) in [5.74, 6) is 0.145.